The summed E-state index contributed by atoms with van der Waals surface area (Å²) in [6.07, 6.45) is 3.49. The molecule has 0 saturated carbocycles. The lowest BCUT2D eigenvalue weighted by molar-refractivity contribution is 0.0244. The van der Waals surface area contributed by atoms with Crippen LogP contribution in [0, 0.1) is 0 Å². The van der Waals surface area contributed by atoms with E-state index in [0.29, 0.717) is 11.6 Å². The number of hydrogen-bond acceptors (Lipinski definition) is 5. The standard InChI is InChI=1S/C13H15N3O2/c14-9-1-2-11-12(7-9)15-8-16-13(11)18-10-3-5-17-6-4-10/h1-2,7-8,10H,3-6,14H2. The Morgan fingerprint density at radius 2 is 2.06 bits per heavy atom. The van der Waals surface area contributed by atoms with Crippen LogP contribution in [0.3, 0.4) is 0 Å². The van der Waals surface area contributed by atoms with Crippen molar-refractivity contribution < 1.29 is 9.47 Å². The number of fused-ring (bicyclic) bond motifs is 1. The van der Waals surface area contributed by atoms with Gasteiger partial charge in [-0.1, -0.05) is 0 Å². The first-order chi connectivity index (χ1) is 8.83. The number of aromatic nitrogens is 2. The highest BCUT2D eigenvalue weighted by molar-refractivity contribution is 5.85. The molecule has 1 fully saturated rings. The zero-order valence-corrected chi connectivity index (χ0v) is 10.0. The third kappa shape index (κ3) is 2.22. The van der Waals surface area contributed by atoms with Gasteiger partial charge >= 0.3 is 0 Å². The van der Waals surface area contributed by atoms with Gasteiger partial charge in [0.1, 0.15) is 12.4 Å². The van der Waals surface area contributed by atoms with Crippen LogP contribution < -0.4 is 10.5 Å². The molecule has 5 heteroatoms. The van der Waals surface area contributed by atoms with Gasteiger partial charge in [0.25, 0.3) is 0 Å². The van der Waals surface area contributed by atoms with Crippen LogP contribution in [0.1, 0.15) is 12.8 Å². The van der Waals surface area contributed by atoms with Crippen LogP contribution in [-0.2, 0) is 4.74 Å². The normalized spacial score (nSPS) is 16.9. The number of nitrogen functional groups attached to an aromatic ring is 1. The van der Waals surface area contributed by atoms with Crippen LogP contribution in [0.5, 0.6) is 5.88 Å². The fourth-order valence-corrected chi connectivity index (χ4v) is 2.09. The van der Waals surface area contributed by atoms with Gasteiger partial charge < -0.3 is 15.2 Å². The second-order valence-corrected chi connectivity index (χ2v) is 4.38. The lowest BCUT2D eigenvalue weighted by atomic mass is 10.1. The van der Waals surface area contributed by atoms with Crippen molar-refractivity contribution in [1.82, 2.24) is 9.97 Å². The molecule has 0 bridgehead atoms. The molecule has 2 aromatic rings. The van der Waals surface area contributed by atoms with E-state index in [9.17, 15) is 0 Å². The molecule has 0 aliphatic carbocycles. The fraction of sp³-hybridized carbons (Fsp3) is 0.385. The molecular weight excluding hydrogens is 230 g/mol. The molecule has 2 N–H and O–H groups in total. The topological polar surface area (TPSA) is 70.3 Å². The molecule has 0 unspecified atom stereocenters. The van der Waals surface area contributed by atoms with Crippen LogP contribution in [0.4, 0.5) is 5.69 Å². The summed E-state index contributed by atoms with van der Waals surface area (Å²) in [5, 5.41) is 0.901. The Hall–Kier alpha value is -1.88. The molecule has 1 aliphatic heterocycles. The van der Waals surface area contributed by atoms with Crippen LogP contribution in [0.15, 0.2) is 24.5 Å². The third-order valence-electron chi connectivity index (χ3n) is 3.07. The number of nitrogens with two attached hydrogens (primary N) is 1. The SMILES string of the molecule is Nc1ccc2c(OC3CCOCC3)ncnc2c1. The molecule has 0 spiro atoms. The largest absolute Gasteiger partial charge is 0.474 e. The maximum absolute atomic E-state index is 5.94. The van der Waals surface area contributed by atoms with Crippen molar-refractivity contribution in [2.75, 3.05) is 18.9 Å². The van der Waals surface area contributed by atoms with E-state index in [2.05, 4.69) is 9.97 Å². The van der Waals surface area contributed by atoms with Gasteiger partial charge in [-0.15, -0.1) is 0 Å². The van der Waals surface area contributed by atoms with E-state index in [-0.39, 0.29) is 6.10 Å². The molecule has 2 heterocycles. The van der Waals surface area contributed by atoms with Gasteiger partial charge in [0.15, 0.2) is 0 Å². The van der Waals surface area contributed by atoms with Crippen LogP contribution in [0.25, 0.3) is 10.9 Å². The average molecular weight is 245 g/mol. The zero-order chi connectivity index (χ0) is 12.4. The maximum Gasteiger partial charge on any atom is 0.224 e. The molecule has 5 nitrogen and oxygen atoms in total. The molecule has 3 rings (SSSR count). The van der Waals surface area contributed by atoms with Gasteiger partial charge in [-0.3, -0.25) is 0 Å². The van der Waals surface area contributed by atoms with E-state index < -0.39 is 0 Å². The van der Waals surface area contributed by atoms with Gasteiger partial charge in [0.05, 0.1) is 24.1 Å². The zero-order valence-electron chi connectivity index (χ0n) is 10.0. The molecule has 1 aromatic carbocycles. The lowest BCUT2D eigenvalue weighted by Crippen LogP contribution is -2.26. The van der Waals surface area contributed by atoms with Crippen LogP contribution >= 0.6 is 0 Å². The minimum absolute atomic E-state index is 0.175. The van der Waals surface area contributed by atoms with Crippen molar-refractivity contribution in [2.24, 2.45) is 0 Å². The van der Waals surface area contributed by atoms with Crippen molar-refractivity contribution in [3.8, 4) is 5.88 Å². The Morgan fingerprint density at radius 3 is 2.89 bits per heavy atom. The Bertz CT molecular complexity index is 553. The summed E-state index contributed by atoms with van der Waals surface area (Å²) in [4.78, 5) is 8.42. The molecule has 94 valence electrons. The average Bonchev–Trinajstić information content (AvgIpc) is 2.40. The van der Waals surface area contributed by atoms with Gasteiger partial charge in [0.2, 0.25) is 5.88 Å². The molecule has 1 aliphatic rings. The van der Waals surface area contributed by atoms with Crippen molar-refractivity contribution in [3.05, 3.63) is 24.5 Å². The molecule has 0 radical (unpaired) electrons. The second kappa shape index (κ2) is 4.78. The van der Waals surface area contributed by atoms with Crippen LogP contribution in [0.2, 0.25) is 0 Å². The van der Waals surface area contributed by atoms with E-state index in [1.54, 1.807) is 0 Å². The third-order valence-corrected chi connectivity index (χ3v) is 3.07. The predicted octanol–water partition coefficient (Wildman–Crippen LogP) is 1.77. The van der Waals surface area contributed by atoms with Crippen molar-refractivity contribution >= 4 is 16.6 Å². The molecule has 18 heavy (non-hydrogen) atoms. The number of benzene rings is 1. The second-order valence-electron chi connectivity index (χ2n) is 4.38. The summed E-state index contributed by atoms with van der Waals surface area (Å²) in [6, 6.07) is 5.57. The molecule has 0 atom stereocenters. The highest BCUT2D eigenvalue weighted by Gasteiger charge is 2.17. The number of ether oxygens (including phenoxy) is 2. The summed E-state index contributed by atoms with van der Waals surface area (Å²) in [5.41, 5.74) is 7.25. The highest BCUT2D eigenvalue weighted by Crippen LogP contribution is 2.25. The lowest BCUT2D eigenvalue weighted by Gasteiger charge is -2.23. The molecule has 1 saturated heterocycles. The minimum Gasteiger partial charge on any atom is -0.474 e. The quantitative estimate of drug-likeness (QED) is 0.816. The number of nitrogens with zero attached hydrogens (tertiary/aromatic N) is 2. The first kappa shape index (κ1) is 11.2. The monoisotopic (exact) mass is 245 g/mol. The Kier molecular flexibility index (Phi) is 2.98. The van der Waals surface area contributed by atoms with E-state index in [1.807, 2.05) is 18.2 Å². The Morgan fingerprint density at radius 1 is 1.22 bits per heavy atom. The van der Waals surface area contributed by atoms with E-state index in [1.165, 1.54) is 6.33 Å². The smallest absolute Gasteiger partial charge is 0.224 e. The van der Waals surface area contributed by atoms with Gasteiger partial charge in [-0.2, -0.15) is 0 Å². The van der Waals surface area contributed by atoms with Crippen molar-refractivity contribution in [2.45, 2.75) is 18.9 Å². The first-order valence-corrected chi connectivity index (χ1v) is 6.07. The molecule has 1 aromatic heterocycles. The van der Waals surface area contributed by atoms with Crippen molar-refractivity contribution in [3.63, 3.8) is 0 Å². The summed E-state index contributed by atoms with van der Waals surface area (Å²) in [6.45, 7) is 1.50. The van der Waals surface area contributed by atoms with Crippen LogP contribution in [-0.4, -0.2) is 29.3 Å². The Labute approximate surface area is 105 Å². The summed E-state index contributed by atoms with van der Waals surface area (Å²) in [7, 11) is 0. The van der Waals surface area contributed by atoms with Gasteiger partial charge in [-0.05, 0) is 18.2 Å². The summed E-state index contributed by atoms with van der Waals surface area (Å²) < 4.78 is 11.2. The molecule has 0 amide bonds. The number of hydrogen-bond donors (Lipinski definition) is 1. The number of rotatable bonds is 2. The fourth-order valence-electron chi connectivity index (χ4n) is 2.09. The minimum atomic E-state index is 0.175. The van der Waals surface area contributed by atoms with E-state index >= 15 is 0 Å². The van der Waals surface area contributed by atoms with Gasteiger partial charge in [-0.25, -0.2) is 9.97 Å². The predicted molar refractivity (Wildman–Crippen MR) is 68.4 cm³/mol. The summed E-state index contributed by atoms with van der Waals surface area (Å²) >= 11 is 0. The molecular formula is C13H15N3O2. The van der Waals surface area contributed by atoms with E-state index in [0.717, 1.165) is 37.0 Å². The first-order valence-electron chi connectivity index (χ1n) is 6.07. The van der Waals surface area contributed by atoms with Gasteiger partial charge in [0, 0.05) is 18.5 Å². The number of anilines is 1. The van der Waals surface area contributed by atoms with Crippen molar-refractivity contribution in [1.29, 1.82) is 0 Å². The van der Waals surface area contributed by atoms with E-state index in [4.69, 9.17) is 15.2 Å². The maximum atomic E-state index is 5.94. The Balaban J connectivity index is 1.91. The highest BCUT2D eigenvalue weighted by atomic mass is 16.5. The summed E-state index contributed by atoms with van der Waals surface area (Å²) in [5.74, 6) is 0.631.